The molecule has 5 heterocycles. The zero-order chi connectivity index (χ0) is 68.3. The zero-order valence-corrected chi connectivity index (χ0v) is 57.8. The van der Waals surface area contributed by atoms with Crippen LogP contribution in [0.3, 0.4) is 0 Å². The van der Waals surface area contributed by atoms with Crippen LogP contribution in [0.2, 0.25) is 0 Å². The number of nitrogens with zero attached hydrogens (tertiary/aromatic N) is 8. The molecule has 0 N–H and O–H groups in total. The average molecular weight is 1360 g/mol. The lowest BCUT2D eigenvalue weighted by atomic mass is 9.76. The maximum Gasteiger partial charge on any atom is 0.494 e. The van der Waals surface area contributed by atoms with Gasteiger partial charge in [0.2, 0.25) is 0 Å². The van der Waals surface area contributed by atoms with Crippen molar-refractivity contribution in [1.29, 1.82) is 0 Å². The standard InChI is InChI=1S/C41H34BN3O2.C41H28N4.C6H6BrN/c1-40(2)41(3,4)47-42(46-40)32-24-30(36-26-29-19-11-12-20-33(29)34-21-13-14-22-35(34)36)23-31(25-32)39-44-37(27-15-7-5-8-16-27)43-38(45-39)28-17-9-6-10-18-28;1-27-13-12-22-38(42-27)32-23-31(37-26-30-18-8-9-19-34(30)35-20-10-11-21-36(35)37)24-33(25-32)41-44-39(28-14-4-2-5-15-28)43-40(45-41)29-16-6-3-7-17-29;1-5-3-2-4-6(7)8-5/h5-26H,1-4H3;2-26H,1H3;2-4H,1H3. The molecule has 0 bridgehead atoms. The monoisotopic (exact) mass is 1360 g/mol. The highest BCUT2D eigenvalue weighted by Crippen LogP contribution is 2.42. The summed E-state index contributed by atoms with van der Waals surface area (Å²) in [7, 11) is -0.561. The van der Waals surface area contributed by atoms with Gasteiger partial charge in [0.05, 0.1) is 16.9 Å². The van der Waals surface area contributed by atoms with E-state index in [1.165, 1.54) is 43.1 Å². The van der Waals surface area contributed by atoms with Crippen LogP contribution in [0.1, 0.15) is 39.1 Å². The average Bonchev–Trinajstić information content (AvgIpc) is 1.63. The van der Waals surface area contributed by atoms with Crippen LogP contribution in [0.25, 0.3) is 145 Å². The van der Waals surface area contributed by atoms with Gasteiger partial charge in [-0.05, 0) is 189 Å². The third-order valence-electron chi connectivity index (χ3n) is 18.5. The van der Waals surface area contributed by atoms with Crippen molar-refractivity contribution in [3.8, 4) is 102 Å². The lowest BCUT2D eigenvalue weighted by molar-refractivity contribution is 0.00578. The topological polar surface area (TPSA) is 122 Å². The fraction of sp³-hybridized carbons (Fsp3) is 0.0909. The minimum atomic E-state index is -0.561. The summed E-state index contributed by atoms with van der Waals surface area (Å²) in [4.78, 5) is 39.1. The quantitative estimate of drug-likeness (QED) is 0.0743. The van der Waals surface area contributed by atoms with E-state index in [0.29, 0.717) is 34.9 Å². The van der Waals surface area contributed by atoms with Gasteiger partial charge in [0.25, 0.3) is 0 Å². The molecule has 16 aromatic rings. The Kier molecular flexibility index (Phi) is 17.9. The van der Waals surface area contributed by atoms with Crippen molar-refractivity contribution in [2.45, 2.75) is 52.7 Å². The van der Waals surface area contributed by atoms with Gasteiger partial charge >= 0.3 is 7.12 Å². The molecule has 17 rings (SSSR count). The van der Waals surface area contributed by atoms with Crippen molar-refractivity contribution in [3.63, 3.8) is 0 Å². The van der Waals surface area contributed by atoms with E-state index in [-0.39, 0.29) is 0 Å². The first-order valence-electron chi connectivity index (χ1n) is 33.5. The highest BCUT2D eigenvalue weighted by molar-refractivity contribution is 9.10. The lowest BCUT2D eigenvalue weighted by Gasteiger charge is -2.32. The van der Waals surface area contributed by atoms with Gasteiger partial charge in [-0.1, -0.05) is 243 Å². The molecule has 10 nitrogen and oxygen atoms in total. The van der Waals surface area contributed by atoms with Crippen LogP contribution in [0.5, 0.6) is 0 Å². The number of aromatic nitrogens is 8. The molecule has 0 atom stereocenters. The molecule has 0 spiro atoms. The van der Waals surface area contributed by atoms with Gasteiger partial charge in [-0.15, -0.1) is 0 Å². The summed E-state index contributed by atoms with van der Waals surface area (Å²) in [5.41, 5.74) is 13.8. The fourth-order valence-corrected chi connectivity index (χ4v) is 13.2. The molecule has 482 valence electrons. The van der Waals surface area contributed by atoms with Crippen molar-refractivity contribution in [2.75, 3.05) is 0 Å². The van der Waals surface area contributed by atoms with E-state index < -0.39 is 18.3 Å². The summed E-state index contributed by atoms with van der Waals surface area (Å²) >= 11 is 3.25. The van der Waals surface area contributed by atoms with E-state index in [9.17, 15) is 0 Å². The Balaban J connectivity index is 0.000000146. The van der Waals surface area contributed by atoms with Gasteiger partial charge in [-0.3, -0.25) is 4.98 Å². The summed E-state index contributed by atoms with van der Waals surface area (Å²) in [5.74, 6) is 3.71. The Morgan fingerprint density at radius 3 is 0.990 bits per heavy atom. The van der Waals surface area contributed by atoms with Crippen molar-refractivity contribution >= 4 is 71.6 Å². The second-order valence-corrected chi connectivity index (χ2v) is 26.8. The van der Waals surface area contributed by atoms with E-state index in [4.69, 9.17) is 44.2 Å². The lowest BCUT2D eigenvalue weighted by Crippen LogP contribution is -2.41. The van der Waals surface area contributed by atoms with Crippen molar-refractivity contribution in [3.05, 3.63) is 319 Å². The molecule has 4 aromatic heterocycles. The van der Waals surface area contributed by atoms with Crippen LogP contribution in [0.15, 0.2) is 308 Å². The van der Waals surface area contributed by atoms with E-state index in [0.717, 1.165) is 88.3 Å². The number of pyridine rings is 2. The van der Waals surface area contributed by atoms with Crippen LogP contribution in [0, 0.1) is 13.8 Å². The first kappa shape index (κ1) is 64.5. The molecule has 0 radical (unpaired) electrons. The molecule has 1 aliphatic rings. The molecule has 100 heavy (non-hydrogen) atoms. The maximum atomic E-state index is 6.60. The fourth-order valence-electron chi connectivity index (χ4n) is 12.8. The van der Waals surface area contributed by atoms with Crippen molar-refractivity contribution in [2.24, 2.45) is 0 Å². The first-order valence-corrected chi connectivity index (χ1v) is 34.3. The predicted octanol–water partition coefficient (Wildman–Crippen LogP) is 21.5. The summed E-state index contributed by atoms with van der Waals surface area (Å²) < 4.78 is 14.1. The molecular weight excluding hydrogens is 1290 g/mol. The maximum absolute atomic E-state index is 6.60. The predicted molar refractivity (Wildman–Crippen MR) is 414 cm³/mol. The Morgan fingerprint density at radius 1 is 0.270 bits per heavy atom. The Labute approximate surface area is 590 Å². The van der Waals surface area contributed by atoms with Crippen molar-refractivity contribution in [1.82, 2.24) is 39.9 Å². The molecule has 0 saturated carbocycles. The highest BCUT2D eigenvalue weighted by atomic mass is 79.9. The van der Waals surface area contributed by atoms with Crippen LogP contribution >= 0.6 is 15.9 Å². The molecule has 0 aliphatic carbocycles. The van der Waals surface area contributed by atoms with Gasteiger partial charge in [0.1, 0.15) is 4.60 Å². The smallest absolute Gasteiger partial charge is 0.399 e. The van der Waals surface area contributed by atoms with E-state index in [1.807, 2.05) is 159 Å². The minimum absolute atomic E-state index is 0.488. The molecule has 0 amide bonds. The number of aryl methyl sites for hydroxylation is 2. The SMILES string of the molecule is CC1(C)OB(c2cc(-c3nc(-c4ccccc4)nc(-c4ccccc4)n3)cc(-c3cc4ccccc4c4ccccc34)c2)OC1(C)C.Cc1cccc(-c2cc(-c3nc(-c4ccccc4)nc(-c4ccccc4)n3)cc(-c3cc4ccccc4c4ccccc34)c2)n1.Cc1cccc(Br)n1. The van der Waals surface area contributed by atoms with Gasteiger partial charge in [0, 0.05) is 50.3 Å². The summed E-state index contributed by atoms with van der Waals surface area (Å²) in [6.07, 6.45) is 0. The number of hydrogen-bond donors (Lipinski definition) is 0. The molecule has 0 unspecified atom stereocenters. The largest absolute Gasteiger partial charge is 0.494 e. The third-order valence-corrected chi connectivity index (χ3v) is 19.0. The van der Waals surface area contributed by atoms with Crippen LogP contribution in [0.4, 0.5) is 0 Å². The van der Waals surface area contributed by atoms with E-state index in [1.54, 1.807) is 0 Å². The van der Waals surface area contributed by atoms with Gasteiger partial charge in [-0.2, -0.15) is 0 Å². The number of rotatable bonds is 10. The van der Waals surface area contributed by atoms with Crippen molar-refractivity contribution < 1.29 is 9.31 Å². The van der Waals surface area contributed by atoms with Gasteiger partial charge in [-0.25, -0.2) is 34.9 Å². The Bertz CT molecular complexity index is 5540. The summed E-state index contributed by atoms with van der Waals surface area (Å²) in [6, 6.07) is 104. The molecule has 1 aliphatic heterocycles. The second kappa shape index (κ2) is 27.8. The Hall–Kier alpha value is -11.5. The highest BCUT2D eigenvalue weighted by Gasteiger charge is 2.52. The minimum Gasteiger partial charge on any atom is -0.399 e. The molecule has 1 fully saturated rings. The summed E-state index contributed by atoms with van der Waals surface area (Å²) in [6.45, 7) is 12.3. The molecule has 12 heteroatoms. The van der Waals surface area contributed by atoms with E-state index in [2.05, 4.69) is 206 Å². The molecular formula is C88H68BBrN8O2. The van der Waals surface area contributed by atoms with Crippen LogP contribution in [-0.2, 0) is 9.31 Å². The summed E-state index contributed by atoms with van der Waals surface area (Å²) in [5, 5.41) is 9.66. The van der Waals surface area contributed by atoms with Crippen LogP contribution in [-0.4, -0.2) is 58.2 Å². The third kappa shape index (κ3) is 13.6. The van der Waals surface area contributed by atoms with Gasteiger partial charge in [0.15, 0.2) is 34.9 Å². The van der Waals surface area contributed by atoms with Crippen LogP contribution < -0.4 is 5.46 Å². The first-order chi connectivity index (χ1) is 48.7. The second-order valence-electron chi connectivity index (χ2n) is 26.0. The number of hydrogen-bond acceptors (Lipinski definition) is 10. The Morgan fingerprint density at radius 2 is 0.590 bits per heavy atom. The van der Waals surface area contributed by atoms with Gasteiger partial charge < -0.3 is 9.31 Å². The molecule has 1 saturated heterocycles. The number of fused-ring (bicyclic) bond motifs is 6. The molecule has 12 aromatic carbocycles. The number of halogens is 1. The zero-order valence-electron chi connectivity index (χ0n) is 56.2. The number of benzene rings is 12. The normalized spacial score (nSPS) is 13.0. The van der Waals surface area contributed by atoms with E-state index >= 15 is 0 Å².